The third kappa shape index (κ3) is 3.05. The fourth-order valence-corrected chi connectivity index (χ4v) is 4.31. The van der Waals surface area contributed by atoms with Crippen molar-refractivity contribution in [2.45, 2.75) is 32.1 Å². The molecule has 5 rings (SSSR count). The molecule has 1 saturated heterocycles. The first-order chi connectivity index (χ1) is 13.3. The quantitative estimate of drug-likeness (QED) is 0.779. The number of nitrogens with one attached hydrogen (secondary N) is 1. The number of nitrogens with zero attached hydrogens (tertiary/aromatic N) is 4. The minimum Gasteiger partial charge on any atom is -0.340 e. The van der Waals surface area contributed by atoms with Crippen LogP contribution in [0.5, 0.6) is 0 Å². The van der Waals surface area contributed by atoms with E-state index in [0.29, 0.717) is 6.54 Å². The van der Waals surface area contributed by atoms with Gasteiger partial charge in [0.2, 0.25) is 11.9 Å². The summed E-state index contributed by atoms with van der Waals surface area (Å²) in [5, 5.41) is 11.7. The van der Waals surface area contributed by atoms with Gasteiger partial charge < -0.3 is 10.2 Å². The zero-order valence-electron chi connectivity index (χ0n) is 15.3. The largest absolute Gasteiger partial charge is 0.340 e. The first kappa shape index (κ1) is 16.3. The third-order valence-corrected chi connectivity index (χ3v) is 5.74. The van der Waals surface area contributed by atoms with Gasteiger partial charge in [-0.3, -0.25) is 9.20 Å². The van der Waals surface area contributed by atoms with Crippen molar-refractivity contribution in [1.82, 2.24) is 14.6 Å². The lowest BCUT2D eigenvalue weighted by atomic mass is 9.97. The number of piperidine rings is 1. The smallest absolute Gasteiger partial charge is 0.231 e. The molecule has 2 aliphatic rings. The maximum atomic E-state index is 12.9. The van der Waals surface area contributed by atoms with Crippen LogP contribution in [0, 0.1) is 5.92 Å². The maximum Gasteiger partial charge on any atom is 0.231 e. The van der Waals surface area contributed by atoms with Crippen LogP contribution in [0.3, 0.4) is 0 Å². The zero-order chi connectivity index (χ0) is 18.2. The summed E-state index contributed by atoms with van der Waals surface area (Å²) >= 11 is 0. The summed E-state index contributed by atoms with van der Waals surface area (Å²) in [5.74, 6) is 0.884. The molecular weight excluding hydrogens is 338 g/mol. The van der Waals surface area contributed by atoms with Crippen molar-refractivity contribution < 1.29 is 4.79 Å². The number of hydrogen-bond acceptors (Lipinski definition) is 4. The SMILES string of the molecule is O=C(Nc1ccc2c(c1)CCC2)[C@@H]1CCCN(c2nnc3ccccn23)C1. The van der Waals surface area contributed by atoms with Crippen LogP contribution in [0.4, 0.5) is 11.6 Å². The fraction of sp³-hybridized carbons (Fsp3) is 0.381. The molecule has 2 aromatic heterocycles. The Balaban J connectivity index is 1.31. The van der Waals surface area contributed by atoms with Gasteiger partial charge in [-0.05, 0) is 67.5 Å². The molecule has 3 aromatic rings. The van der Waals surface area contributed by atoms with Gasteiger partial charge in [0.15, 0.2) is 5.65 Å². The van der Waals surface area contributed by atoms with Crippen molar-refractivity contribution in [2.75, 3.05) is 23.3 Å². The number of aryl methyl sites for hydroxylation is 2. The number of carbonyl (C=O) groups is 1. The van der Waals surface area contributed by atoms with Gasteiger partial charge in [0, 0.05) is 25.0 Å². The third-order valence-electron chi connectivity index (χ3n) is 5.74. The average Bonchev–Trinajstić information content (AvgIpc) is 3.34. The van der Waals surface area contributed by atoms with E-state index in [1.54, 1.807) is 0 Å². The van der Waals surface area contributed by atoms with Crippen LogP contribution in [0.2, 0.25) is 0 Å². The molecule has 3 heterocycles. The van der Waals surface area contributed by atoms with E-state index in [2.05, 4.69) is 32.5 Å². The van der Waals surface area contributed by atoms with Crippen LogP contribution < -0.4 is 10.2 Å². The van der Waals surface area contributed by atoms with E-state index in [1.807, 2.05) is 34.9 Å². The molecule has 0 spiro atoms. The monoisotopic (exact) mass is 361 g/mol. The highest BCUT2D eigenvalue weighted by Gasteiger charge is 2.28. The highest BCUT2D eigenvalue weighted by molar-refractivity contribution is 5.93. The summed E-state index contributed by atoms with van der Waals surface area (Å²) in [7, 11) is 0. The predicted molar refractivity (Wildman–Crippen MR) is 105 cm³/mol. The number of aromatic nitrogens is 3. The normalized spacial score (nSPS) is 19.3. The number of pyridine rings is 1. The molecule has 1 aromatic carbocycles. The Labute approximate surface area is 158 Å². The van der Waals surface area contributed by atoms with Gasteiger partial charge in [-0.15, -0.1) is 10.2 Å². The molecule has 0 radical (unpaired) electrons. The molecular formula is C21H23N5O. The van der Waals surface area contributed by atoms with Gasteiger partial charge in [-0.25, -0.2) is 0 Å². The second kappa shape index (κ2) is 6.68. The number of carbonyl (C=O) groups excluding carboxylic acids is 1. The molecule has 138 valence electrons. The number of anilines is 2. The average molecular weight is 361 g/mol. The Bertz CT molecular complexity index is 995. The maximum absolute atomic E-state index is 12.9. The van der Waals surface area contributed by atoms with E-state index in [-0.39, 0.29) is 11.8 Å². The first-order valence-electron chi connectivity index (χ1n) is 9.75. The fourth-order valence-electron chi connectivity index (χ4n) is 4.31. The van der Waals surface area contributed by atoms with E-state index in [9.17, 15) is 4.79 Å². The summed E-state index contributed by atoms with van der Waals surface area (Å²) in [4.78, 5) is 15.0. The molecule has 27 heavy (non-hydrogen) atoms. The van der Waals surface area contributed by atoms with E-state index < -0.39 is 0 Å². The molecule has 1 aliphatic carbocycles. The van der Waals surface area contributed by atoms with Gasteiger partial charge in [0.05, 0.1) is 5.92 Å². The van der Waals surface area contributed by atoms with E-state index in [1.165, 1.54) is 17.5 Å². The summed E-state index contributed by atoms with van der Waals surface area (Å²) in [6.07, 6.45) is 7.35. The van der Waals surface area contributed by atoms with Crippen molar-refractivity contribution in [3.63, 3.8) is 0 Å². The van der Waals surface area contributed by atoms with Gasteiger partial charge in [0.1, 0.15) is 0 Å². The van der Waals surface area contributed by atoms with Gasteiger partial charge in [-0.1, -0.05) is 12.1 Å². The Morgan fingerprint density at radius 1 is 1.07 bits per heavy atom. The van der Waals surface area contributed by atoms with Crippen LogP contribution in [0.1, 0.15) is 30.4 Å². The molecule has 1 atom stereocenters. The van der Waals surface area contributed by atoms with Crippen LogP contribution >= 0.6 is 0 Å². The minimum atomic E-state index is -0.0388. The van der Waals surface area contributed by atoms with Crippen molar-refractivity contribution in [3.05, 3.63) is 53.7 Å². The van der Waals surface area contributed by atoms with Gasteiger partial charge >= 0.3 is 0 Å². The van der Waals surface area contributed by atoms with Crippen LogP contribution in [-0.2, 0) is 17.6 Å². The van der Waals surface area contributed by atoms with Crippen LogP contribution in [0.15, 0.2) is 42.6 Å². The lowest BCUT2D eigenvalue weighted by Gasteiger charge is -2.32. The summed E-state index contributed by atoms with van der Waals surface area (Å²) < 4.78 is 1.99. The second-order valence-corrected chi connectivity index (χ2v) is 7.54. The Kier molecular flexibility index (Phi) is 4.03. The zero-order valence-corrected chi connectivity index (χ0v) is 15.3. The van der Waals surface area contributed by atoms with Crippen molar-refractivity contribution in [2.24, 2.45) is 5.92 Å². The molecule has 1 fully saturated rings. The molecule has 6 nitrogen and oxygen atoms in total. The van der Waals surface area contributed by atoms with Gasteiger partial charge in [-0.2, -0.15) is 0 Å². The summed E-state index contributed by atoms with van der Waals surface area (Å²) in [6, 6.07) is 12.2. The van der Waals surface area contributed by atoms with Crippen molar-refractivity contribution >= 4 is 23.2 Å². The van der Waals surface area contributed by atoms with Crippen LogP contribution in [-0.4, -0.2) is 33.6 Å². The van der Waals surface area contributed by atoms with E-state index >= 15 is 0 Å². The minimum absolute atomic E-state index is 0.0388. The first-order valence-corrected chi connectivity index (χ1v) is 9.75. The summed E-state index contributed by atoms with van der Waals surface area (Å²) in [5.41, 5.74) is 4.56. The highest BCUT2D eigenvalue weighted by Crippen LogP contribution is 2.27. The number of benzene rings is 1. The Morgan fingerprint density at radius 3 is 2.96 bits per heavy atom. The molecule has 0 saturated carbocycles. The molecule has 0 bridgehead atoms. The van der Waals surface area contributed by atoms with Crippen molar-refractivity contribution in [3.8, 4) is 0 Å². The Hall–Kier alpha value is -2.89. The number of hydrogen-bond donors (Lipinski definition) is 1. The second-order valence-electron chi connectivity index (χ2n) is 7.54. The van der Waals surface area contributed by atoms with E-state index in [0.717, 1.165) is 49.5 Å². The number of amides is 1. The topological polar surface area (TPSA) is 62.5 Å². The van der Waals surface area contributed by atoms with Crippen molar-refractivity contribution in [1.29, 1.82) is 0 Å². The molecule has 6 heteroatoms. The lowest BCUT2D eigenvalue weighted by Crippen LogP contribution is -2.41. The number of fused-ring (bicyclic) bond motifs is 2. The Morgan fingerprint density at radius 2 is 2.00 bits per heavy atom. The lowest BCUT2D eigenvalue weighted by molar-refractivity contribution is -0.120. The molecule has 1 amide bonds. The highest BCUT2D eigenvalue weighted by atomic mass is 16.1. The molecule has 0 unspecified atom stereocenters. The molecule has 1 N–H and O–H groups in total. The standard InChI is InChI=1S/C21H23N5O/c27-20(22-18-10-9-15-5-3-6-16(15)13-18)17-7-4-11-25(14-17)21-24-23-19-8-1-2-12-26(19)21/h1-2,8-10,12-13,17H,3-7,11,14H2,(H,22,27)/t17-/m1/s1. The van der Waals surface area contributed by atoms with E-state index in [4.69, 9.17) is 0 Å². The summed E-state index contributed by atoms with van der Waals surface area (Å²) in [6.45, 7) is 1.57. The van der Waals surface area contributed by atoms with Crippen LogP contribution in [0.25, 0.3) is 5.65 Å². The molecule has 1 aliphatic heterocycles. The predicted octanol–water partition coefficient (Wildman–Crippen LogP) is 3.07. The van der Waals surface area contributed by atoms with Gasteiger partial charge in [0.25, 0.3) is 0 Å². The number of rotatable bonds is 3.